The first kappa shape index (κ1) is 73.3. The Bertz CT molecular complexity index is 1350. The number of allylic oxidation sites excluding steroid dienone is 6. The molecule has 0 saturated carbocycles. The van der Waals surface area contributed by atoms with E-state index in [0.29, 0.717) is 19.3 Å². The Hall–Kier alpha value is -1.67. The lowest BCUT2D eigenvalue weighted by molar-refractivity contribution is -0.303. The first-order valence-electron chi connectivity index (χ1n) is 32.9. The molecule has 1 fully saturated rings. The maximum absolute atomic E-state index is 13.2. The fourth-order valence-corrected chi connectivity index (χ4v) is 10.6. The van der Waals surface area contributed by atoms with Crippen LogP contribution in [0.15, 0.2) is 36.5 Å². The van der Waals surface area contributed by atoms with Gasteiger partial charge < -0.3 is 50.5 Å². The minimum absolute atomic E-state index is 0.247. The van der Waals surface area contributed by atoms with Crippen molar-refractivity contribution >= 4 is 5.91 Å². The summed E-state index contributed by atoms with van der Waals surface area (Å²) in [5.41, 5.74) is 0. The van der Waals surface area contributed by atoms with E-state index in [4.69, 9.17) is 9.47 Å². The molecule has 0 spiro atoms. The predicted molar refractivity (Wildman–Crippen MR) is 321 cm³/mol. The molecule has 0 bridgehead atoms. The molecule has 1 heterocycles. The molecule has 1 aliphatic heterocycles. The summed E-state index contributed by atoms with van der Waals surface area (Å²) >= 11 is 0. The average Bonchev–Trinajstić information content (AvgIpc) is 3.43. The van der Waals surface area contributed by atoms with Gasteiger partial charge in [-0.1, -0.05) is 269 Å². The summed E-state index contributed by atoms with van der Waals surface area (Å²) in [6.45, 7) is 3.44. The molecule has 11 heteroatoms. The van der Waals surface area contributed by atoms with Gasteiger partial charge in [0.1, 0.15) is 36.6 Å². The van der Waals surface area contributed by atoms with Gasteiger partial charge in [-0.25, -0.2) is 0 Å². The van der Waals surface area contributed by atoms with Crippen LogP contribution in [-0.4, -0.2) is 110 Å². The number of unbranched alkanes of at least 4 members (excludes halogenated alkanes) is 39. The van der Waals surface area contributed by atoms with Gasteiger partial charge in [-0.2, -0.15) is 0 Å². The third-order valence-electron chi connectivity index (χ3n) is 15.9. The number of aliphatic hydroxyl groups is 7. The van der Waals surface area contributed by atoms with Gasteiger partial charge in [0.15, 0.2) is 6.29 Å². The van der Waals surface area contributed by atoms with Crippen LogP contribution >= 0.6 is 0 Å². The van der Waals surface area contributed by atoms with Crippen LogP contribution in [0.3, 0.4) is 0 Å². The summed E-state index contributed by atoms with van der Waals surface area (Å²) in [6, 6.07) is -1.19. The quantitative estimate of drug-likeness (QED) is 0.0215. The van der Waals surface area contributed by atoms with Crippen molar-refractivity contribution in [2.24, 2.45) is 0 Å². The van der Waals surface area contributed by atoms with E-state index in [1.165, 1.54) is 225 Å². The average molecular weight is 1090 g/mol. The second-order valence-corrected chi connectivity index (χ2v) is 23.2. The van der Waals surface area contributed by atoms with Gasteiger partial charge in [-0.3, -0.25) is 4.79 Å². The molecule has 77 heavy (non-hydrogen) atoms. The standard InChI is InChI=1S/C66H125NO10/c1-3-5-7-9-11-13-15-17-19-20-21-22-23-24-25-26-27-28-29-30-31-32-33-34-35-36-37-38-39-40-42-44-46-48-50-52-54-59(70)65(75)67-57(56-76-66-64(74)63(73)62(72)60(55-68)77-66)61(71)58(69)53-51-49-47-45-43-41-18-16-14-12-10-8-6-4-2/h16,18,28-29,45,47,57-64,66,68-74H,3-15,17,19-27,30-44,46,48-56H2,1-2H3,(H,67,75)/b18-16+,29-28-,47-45+. The third kappa shape index (κ3) is 42.8. The molecule has 0 aromatic rings. The molecule has 0 aliphatic carbocycles. The molecule has 0 aromatic heterocycles. The summed E-state index contributed by atoms with van der Waals surface area (Å²) in [5.74, 6) is -0.707. The van der Waals surface area contributed by atoms with Crippen LogP contribution in [0.5, 0.6) is 0 Å². The molecule has 1 amide bonds. The van der Waals surface area contributed by atoms with E-state index in [-0.39, 0.29) is 12.8 Å². The molecular formula is C66H125NO10. The number of hydrogen-bond acceptors (Lipinski definition) is 10. The Morgan fingerprint density at radius 1 is 0.442 bits per heavy atom. The molecule has 1 aliphatic rings. The van der Waals surface area contributed by atoms with Crippen molar-refractivity contribution in [1.29, 1.82) is 0 Å². The Morgan fingerprint density at radius 3 is 1.16 bits per heavy atom. The summed E-state index contributed by atoms with van der Waals surface area (Å²) in [7, 11) is 0. The molecule has 454 valence electrons. The first-order chi connectivity index (χ1) is 37.7. The van der Waals surface area contributed by atoms with Crippen molar-refractivity contribution in [3.63, 3.8) is 0 Å². The number of rotatable bonds is 57. The van der Waals surface area contributed by atoms with Crippen molar-refractivity contribution in [1.82, 2.24) is 5.32 Å². The van der Waals surface area contributed by atoms with Crippen LogP contribution in [0.4, 0.5) is 0 Å². The van der Waals surface area contributed by atoms with Gasteiger partial charge in [-0.15, -0.1) is 0 Å². The molecule has 11 nitrogen and oxygen atoms in total. The van der Waals surface area contributed by atoms with E-state index in [1.807, 2.05) is 0 Å². The van der Waals surface area contributed by atoms with Crippen molar-refractivity contribution in [3.8, 4) is 0 Å². The topological polar surface area (TPSA) is 189 Å². The van der Waals surface area contributed by atoms with Gasteiger partial charge in [-0.05, 0) is 77.0 Å². The van der Waals surface area contributed by atoms with E-state index < -0.39 is 74.2 Å². The summed E-state index contributed by atoms with van der Waals surface area (Å²) < 4.78 is 11.1. The number of nitrogens with one attached hydrogen (secondary N) is 1. The number of carbonyl (C=O) groups excluding carboxylic acids is 1. The monoisotopic (exact) mass is 1090 g/mol. The second kappa shape index (κ2) is 54.9. The Balaban J connectivity index is 2.14. The van der Waals surface area contributed by atoms with E-state index >= 15 is 0 Å². The number of aliphatic hydroxyl groups excluding tert-OH is 7. The number of ether oxygens (including phenoxy) is 2. The predicted octanol–water partition coefficient (Wildman–Crippen LogP) is 15.0. The number of amides is 1. The Kier molecular flexibility index (Phi) is 52.3. The Labute approximate surface area is 473 Å². The van der Waals surface area contributed by atoms with E-state index in [0.717, 1.165) is 38.5 Å². The zero-order chi connectivity index (χ0) is 56.1. The van der Waals surface area contributed by atoms with Gasteiger partial charge in [0.25, 0.3) is 0 Å². The molecule has 0 aromatic carbocycles. The Morgan fingerprint density at radius 2 is 0.779 bits per heavy atom. The molecular weight excluding hydrogens is 967 g/mol. The lowest BCUT2D eigenvalue weighted by Crippen LogP contribution is -2.60. The summed E-state index contributed by atoms with van der Waals surface area (Å²) in [6.07, 6.45) is 58.2. The maximum atomic E-state index is 13.2. The highest BCUT2D eigenvalue weighted by Gasteiger charge is 2.44. The fourth-order valence-electron chi connectivity index (χ4n) is 10.6. The lowest BCUT2D eigenvalue weighted by atomic mass is 9.98. The highest BCUT2D eigenvalue weighted by molar-refractivity contribution is 5.80. The molecule has 9 unspecified atom stereocenters. The molecule has 0 radical (unpaired) electrons. The van der Waals surface area contributed by atoms with Gasteiger partial charge in [0.05, 0.1) is 25.4 Å². The van der Waals surface area contributed by atoms with Gasteiger partial charge >= 0.3 is 0 Å². The second-order valence-electron chi connectivity index (χ2n) is 23.2. The molecule has 1 saturated heterocycles. The first-order valence-corrected chi connectivity index (χ1v) is 32.9. The minimum atomic E-state index is -1.67. The third-order valence-corrected chi connectivity index (χ3v) is 15.9. The van der Waals surface area contributed by atoms with E-state index in [2.05, 4.69) is 55.6 Å². The molecule has 8 N–H and O–H groups in total. The normalized spacial score (nSPS) is 19.7. The summed E-state index contributed by atoms with van der Waals surface area (Å²) in [4.78, 5) is 13.2. The lowest BCUT2D eigenvalue weighted by Gasteiger charge is -2.40. The number of hydrogen-bond donors (Lipinski definition) is 8. The highest BCUT2D eigenvalue weighted by atomic mass is 16.7. The van der Waals surface area contributed by atoms with Crippen LogP contribution in [0.2, 0.25) is 0 Å². The fraction of sp³-hybridized carbons (Fsp3) is 0.894. The molecule has 1 rings (SSSR count). The van der Waals surface area contributed by atoms with Crippen LogP contribution in [0.25, 0.3) is 0 Å². The SMILES string of the molecule is CCCCCCC/C=C/CC/C=C/CCCC(O)C(O)C(COC1OC(CO)C(O)C(O)C1O)NC(=O)C(O)CCCCCCCCCCCCCCCCCC/C=C\CCCCCCCCCCCCCCCCCC. The summed E-state index contributed by atoms with van der Waals surface area (Å²) in [5, 5.41) is 76.1. The van der Waals surface area contributed by atoms with Crippen LogP contribution in [0, 0.1) is 0 Å². The largest absolute Gasteiger partial charge is 0.394 e. The van der Waals surface area contributed by atoms with Crippen molar-refractivity contribution in [2.75, 3.05) is 13.2 Å². The zero-order valence-electron chi connectivity index (χ0n) is 50.0. The zero-order valence-corrected chi connectivity index (χ0v) is 50.0. The smallest absolute Gasteiger partial charge is 0.249 e. The highest BCUT2D eigenvalue weighted by Crippen LogP contribution is 2.24. The van der Waals surface area contributed by atoms with Crippen molar-refractivity contribution in [2.45, 2.75) is 364 Å². The maximum Gasteiger partial charge on any atom is 0.249 e. The van der Waals surface area contributed by atoms with Crippen molar-refractivity contribution in [3.05, 3.63) is 36.5 Å². The molecule has 9 atom stereocenters. The van der Waals surface area contributed by atoms with Crippen molar-refractivity contribution < 1.29 is 50.0 Å². The van der Waals surface area contributed by atoms with Gasteiger partial charge in [0.2, 0.25) is 5.91 Å². The van der Waals surface area contributed by atoms with Gasteiger partial charge in [0, 0.05) is 0 Å². The van der Waals surface area contributed by atoms with Crippen LogP contribution in [-0.2, 0) is 14.3 Å². The van der Waals surface area contributed by atoms with Crippen LogP contribution < -0.4 is 5.32 Å². The minimum Gasteiger partial charge on any atom is -0.394 e. The van der Waals surface area contributed by atoms with Crippen LogP contribution in [0.1, 0.15) is 309 Å². The van der Waals surface area contributed by atoms with E-state index in [9.17, 15) is 40.5 Å². The van der Waals surface area contributed by atoms with E-state index in [1.54, 1.807) is 0 Å². The number of carbonyl (C=O) groups is 1.